The first-order chi connectivity index (χ1) is 16.4. The summed E-state index contributed by atoms with van der Waals surface area (Å²) >= 11 is 10.3. The minimum absolute atomic E-state index is 0.0485. The highest BCUT2D eigenvalue weighted by atomic mass is 35.5. The molecule has 0 aliphatic carbocycles. The third-order valence-electron chi connectivity index (χ3n) is 5.24. The number of anilines is 1. The van der Waals surface area contributed by atoms with Crippen molar-refractivity contribution in [2.75, 3.05) is 25.2 Å². The Balaban J connectivity index is 2.64. The zero-order valence-electron chi connectivity index (χ0n) is 19.0. The molecule has 2 atom stereocenters. The molecular weight excluding hydrogens is 512 g/mol. The number of hydrogen-bond acceptors (Lipinski definition) is 6. The van der Waals surface area contributed by atoms with Gasteiger partial charge in [0.1, 0.15) is 5.75 Å². The van der Waals surface area contributed by atoms with Gasteiger partial charge in [0.25, 0.3) is 17.4 Å². The lowest BCUT2D eigenvalue weighted by Gasteiger charge is -2.41. The summed E-state index contributed by atoms with van der Waals surface area (Å²) in [6.07, 6.45) is 3.52. The quantitative estimate of drug-likeness (QED) is 0.360. The summed E-state index contributed by atoms with van der Waals surface area (Å²) in [5.74, 6) is -2.31. The standard InChI is InChI=1S/C22H25Cl2F3N4O4/c1-21(14(12-28-2)13-29-3,20(33)30-15-8-10-34-11-9-15)31(19(32)18(23)25)16-4-6-17(7-5-16)35-22(24,26)27/h4-7,12-13,15,18H,2,8-11H2,1,3H3,(H,30,33)/b14-12+,29-13?/t18-,21?/m0/s1. The van der Waals surface area contributed by atoms with Crippen molar-refractivity contribution in [1.29, 1.82) is 0 Å². The van der Waals surface area contributed by atoms with E-state index in [9.17, 15) is 22.8 Å². The maximum Gasteiger partial charge on any atom is 0.487 e. The first-order valence-electron chi connectivity index (χ1n) is 10.4. The maximum absolute atomic E-state index is 14.2. The van der Waals surface area contributed by atoms with Gasteiger partial charge in [-0.1, -0.05) is 11.6 Å². The lowest BCUT2D eigenvalue weighted by Crippen LogP contribution is -2.63. The SMILES string of the molecule is C=N/C=C(\C=NC)C(C)(C(=O)NC1CCOCC1)N(C(=O)[C@H](F)Cl)c1ccc(OC(F)(F)Cl)cc1. The molecule has 1 aliphatic heterocycles. The number of rotatable bonds is 10. The topological polar surface area (TPSA) is 92.6 Å². The van der Waals surface area contributed by atoms with E-state index in [-0.39, 0.29) is 23.1 Å². The predicted molar refractivity (Wildman–Crippen MR) is 129 cm³/mol. The average Bonchev–Trinajstić information content (AvgIpc) is 2.79. The molecule has 0 aromatic heterocycles. The van der Waals surface area contributed by atoms with Crippen LogP contribution >= 0.6 is 23.2 Å². The van der Waals surface area contributed by atoms with Gasteiger partial charge in [0.05, 0.1) is 0 Å². The summed E-state index contributed by atoms with van der Waals surface area (Å²) < 4.78 is 49.8. The fraction of sp³-hybridized carbons (Fsp3) is 0.455. The van der Waals surface area contributed by atoms with Gasteiger partial charge >= 0.3 is 5.57 Å². The molecular formula is C22H25Cl2F3N4O4. The lowest BCUT2D eigenvalue weighted by molar-refractivity contribution is -0.130. The summed E-state index contributed by atoms with van der Waals surface area (Å²) in [5.41, 5.74) is -8.41. The fourth-order valence-electron chi connectivity index (χ4n) is 3.55. The number of ether oxygens (including phenoxy) is 2. The predicted octanol–water partition coefficient (Wildman–Crippen LogP) is 4.06. The van der Waals surface area contributed by atoms with Crippen molar-refractivity contribution in [3.63, 3.8) is 0 Å². The van der Waals surface area contributed by atoms with E-state index in [2.05, 4.69) is 26.8 Å². The fourth-order valence-corrected chi connectivity index (χ4v) is 3.74. The smallest absolute Gasteiger partial charge is 0.420 e. The van der Waals surface area contributed by atoms with E-state index in [1.807, 2.05) is 0 Å². The monoisotopic (exact) mass is 536 g/mol. The molecule has 1 unspecified atom stereocenters. The Morgan fingerprint density at radius 2 is 1.91 bits per heavy atom. The molecule has 1 aliphatic rings. The Bertz CT molecular complexity index is 964. The first-order valence-corrected chi connectivity index (χ1v) is 11.2. The molecule has 1 aromatic rings. The number of carbonyl (C=O) groups excluding carboxylic acids is 2. The summed E-state index contributed by atoms with van der Waals surface area (Å²) in [5, 5.41) is 2.86. The third-order valence-corrected chi connectivity index (χ3v) is 5.51. The minimum atomic E-state index is -3.97. The number of amides is 2. The molecule has 1 heterocycles. The van der Waals surface area contributed by atoms with Crippen molar-refractivity contribution in [3.8, 4) is 5.75 Å². The average molecular weight is 537 g/mol. The van der Waals surface area contributed by atoms with Gasteiger partial charge in [0.15, 0.2) is 5.54 Å². The molecule has 1 N–H and O–H groups in total. The number of aliphatic imine (C=N–C) groups is 2. The number of alkyl halides is 5. The van der Waals surface area contributed by atoms with E-state index in [4.69, 9.17) is 27.9 Å². The Kier molecular flexibility index (Phi) is 10.1. The van der Waals surface area contributed by atoms with Gasteiger partial charge in [-0.15, -0.1) is 8.78 Å². The molecule has 1 aromatic carbocycles. The number of nitrogens with zero attached hydrogens (tertiary/aromatic N) is 3. The van der Waals surface area contributed by atoms with E-state index in [1.54, 1.807) is 0 Å². The minimum Gasteiger partial charge on any atom is -0.420 e. The van der Waals surface area contributed by atoms with Crippen molar-refractivity contribution in [3.05, 3.63) is 36.0 Å². The number of benzene rings is 1. The molecule has 13 heteroatoms. The summed E-state index contributed by atoms with van der Waals surface area (Å²) in [4.78, 5) is 35.2. The van der Waals surface area contributed by atoms with Crippen LogP contribution in [0.4, 0.5) is 18.9 Å². The van der Waals surface area contributed by atoms with E-state index in [0.29, 0.717) is 26.1 Å². The number of hydrogen-bond donors (Lipinski definition) is 1. The zero-order chi connectivity index (χ0) is 26.2. The third kappa shape index (κ3) is 7.42. The van der Waals surface area contributed by atoms with E-state index < -0.39 is 28.6 Å². The molecule has 35 heavy (non-hydrogen) atoms. The van der Waals surface area contributed by atoms with Crippen LogP contribution in [0.1, 0.15) is 19.8 Å². The highest BCUT2D eigenvalue weighted by Crippen LogP contribution is 2.34. The molecule has 8 nitrogen and oxygen atoms in total. The molecule has 192 valence electrons. The van der Waals surface area contributed by atoms with Crippen molar-refractivity contribution in [2.45, 2.75) is 42.5 Å². The van der Waals surface area contributed by atoms with Crippen molar-refractivity contribution in [1.82, 2.24) is 5.32 Å². The molecule has 0 radical (unpaired) electrons. The summed E-state index contributed by atoms with van der Waals surface area (Å²) in [6.45, 7) is 5.60. The van der Waals surface area contributed by atoms with Crippen LogP contribution < -0.4 is 15.0 Å². The maximum atomic E-state index is 14.2. The van der Waals surface area contributed by atoms with Crippen LogP contribution in [-0.2, 0) is 14.3 Å². The van der Waals surface area contributed by atoms with Gasteiger partial charge < -0.3 is 14.8 Å². The summed E-state index contributed by atoms with van der Waals surface area (Å²) in [6, 6.07) is 4.23. The van der Waals surface area contributed by atoms with E-state index in [0.717, 1.165) is 17.0 Å². The normalized spacial score (nSPS) is 18.0. The second-order valence-corrected chi connectivity index (χ2v) is 8.43. The van der Waals surface area contributed by atoms with Crippen LogP contribution in [-0.4, -0.2) is 67.8 Å². The van der Waals surface area contributed by atoms with E-state index in [1.165, 1.54) is 38.5 Å². The Hall–Kier alpha value is -2.63. The Morgan fingerprint density at radius 1 is 1.31 bits per heavy atom. The number of carbonyl (C=O) groups is 2. The number of halogens is 5. The van der Waals surface area contributed by atoms with Crippen LogP contribution in [0.15, 0.2) is 46.0 Å². The van der Waals surface area contributed by atoms with Crippen LogP contribution in [0.2, 0.25) is 0 Å². The van der Waals surface area contributed by atoms with Gasteiger partial charge in [-0.25, -0.2) is 4.39 Å². The van der Waals surface area contributed by atoms with Gasteiger partial charge in [-0.05, 0) is 50.7 Å². The zero-order valence-corrected chi connectivity index (χ0v) is 20.5. The van der Waals surface area contributed by atoms with Gasteiger partial charge in [0, 0.05) is 61.6 Å². The Morgan fingerprint density at radius 3 is 2.40 bits per heavy atom. The highest BCUT2D eigenvalue weighted by Gasteiger charge is 2.48. The molecule has 0 saturated carbocycles. The van der Waals surface area contributed by atoms with Crippen LogP contribution in [0.25, 0.3) is 0 Å². The molecule has 2 rings (SSSR count). The van der Waals surface area contributed by atoms with Crippen molar-refractivity contribution in [2.24, 2.45) is 9.98 Å². The molecule has 0 spiro atoms. The molecule has 1 fully saturated rings. The molecule has 0 bridgehead atoms. The van der Waals surface area contributed by atoms with Crippen LogP contribution in [0.5, 0.6) is 5.75 Å². The number of nitrogens with one attached hydrogen (secondary N) is 1. The molecule has 1 saturated heterocycles. The second kappa shape index (κ2) is 12.4. The van der Waals surface area contributed by atoms with Gasteiger partial charge in [-0.2, -0.15) is 0 Å². The van der Waals surface area contributed by atoms with Crippen molar-refractivity contribution < 1.29 is 32.2 Å². The molecule has 2 amide bonds. The van der Waals surface area contributed by atoms with Gasteiger partial charge in [-0.3, -0.25) is 24.5 Å². The van der Waals surface area contributed by atoms with Crippen LogP contribution in [0.3, 0.4) is 0 Å². The van der Waals surface area contributed by atoms with E-state index >= 15 is 0 Å². The second-order valence-electron chi connectivity index (χ2n) is 7.60. The Labute approximate surface area is 210 Å². The van der Waals surface area contributed by atoms with Crippen LogP contribution in [0, 0.1) is 0 Å². The lowest BCUT2D eigenvalue weighted by atomic mass is 9.87. The summed E-state index contributed by atoms with van der Waals surface area (Å²) in [7, 11) is 1.43. The van der Waals surface area contributed by atoms with Crippen molar-refractivity contribution >= 4 is 53.6 Å². The first kappa shape index (κ1) is 28.6. The van der Waals surface area contributed by atoms with Gasteiger partial charge in [0.2, 0.25) is 0 Å². The highest BCUT2D eigenvalue weighted by molar-refractivity contribution is 6.32. The largest absolute Gasteiger partial charge is 0.487 e.